The molecule has 1 unspecified atom stereocenters. The molecule has 3 atom stereocenters. The predicted molar refractivity (Wildman–Crippen MR) is 136 cm³/mol. The van der Waals surface area contributed by atoms with E-state index in [1.807, 2.05) is 13.0 Å². The zero-order valence-corrected chi connectivity index (χ0v) is 22.1. The lowest BCUT2D eigenvalue weighted by molar-refractivity contribution is -0.131. The number of piperazine rings is 1. The third-order valence-corrected chi connectivity index (χ3v) is 7.08. The van der Waals surface area contributed by atoms with Gasteiger partial charge in [0, 0.05) is 62.4 Å². The highest BCUT2D eigenvalue weighted by Crippen LogP contribution is 2.43. The summed E-state index contributed by atoms with van der Waals surface area (Å²) in [6.07, 6.45) is 3.55. The van der Waals surface area contributed by atoms with Crippen molar-refractivity contribution in [2.24, 2.45) is 10.6 Å². The summed E-state index contributed by atoms with van der Waals surface area (Å²) in [5, 5.41) is 6.76. The molecule has 0 radical (unpaired) electrons. The van der Waals surface area contributed by atoms with Gasteiger partial charge in [-0.15, -0.1) is 4.91 Å². The summed E-state index contributed by atoms with van der Waals surface area (Å²) in [6, 6.07) is 3.60. The van der Waals surface area contributed by atoms with Crippen LogP contribution in [0, 0.1) is 22.0 Å². The summed E-state index contributed by atoms with van der Waals surface area (Å²) in [7, 11) is 1.65. The Morgan fingerprint density at radius 1 is 1.36 bits per heavy atom. The smallest absolute Gasteiger partial charge is 0.241 e. The molecule has 1 aromatic rings. The average Bonchev–Trinajstić information content (AvgIpc) is 3.06. The van der Waals surface area contributed by atoms with Crippen LogP contribution in [0.1, 0.15) is 40.2 Å². The number of hydrogen-bond acceptors (Lipinski definition) is 6. The number of allylic oxidation sites excluding steroid dienone is 2. The lowest BCUT2D eigenvalue weighted by Crippen LogP contribution is -2.59. The van der Waals surface area contributed by atoms with Crippen LogP contribution in [0.5, 0.6) is 0 Å². The second kappa shape index (κ2) is 11.3. The molecule has 2 saturated heterocycles. The summed E-state index contributed by atoms with van der Waals surface area (Å²) < 4.78 is 33.2. The predicted octanol–water partition coefficient (Wildman–Crippen LogP) is 4.04. The van der Waals surface area contributed by atoms with E-state index in [0.717, 1.165) is 24.3 Å². The van der Waals surface area contributed by atoms with Crippen LogP contribution in [0.3, 0.4) is 0 Å². The number of nitroso groups, excluding NO2 is 1. The van der Waals surface area contributed by atoms with Crippen molar-refractivity contribution in [1.29, 1.82) is 0 Å². The Bertz CT molecular complexity index is 1040. The van der Waals surface area contributed by atoms with Gasteiger partial charge in [0.15, 0.2) is 0 Å². The fourth-order valence-electron chi connectivity index (χ4n) is 5.27. The number of hydrogen-bond donors (Lipinski definition) is 1. The standard InChI is InChI=1S/C27H38F2N4O3/c1-7-22-24(12-27(5,31-35)11-19-8-9-20(28)10-23(19)29)33(17-26(22,3)4)25(34)15-32-14-18(2)30-13-21(32)16-36-6/h7-10,12,18,21,30H,11,13-17H2,1-6H3/b22-7?,24-12+/t18-,21-,27?/m1/s1. The highest BCUT2D eigenvalue weighted by molar-refractivity contribution is 5.82. The Labute approximate surface area is 212 Å². The molecule has 3 rings (SSSR count). The number of nitrogens with zero attached hydrogens (tertiary/aromatic N) is 3. The van der Waals surface area contributed by atoms with Gasteiger partial charge in [-0.3, -0.25) is 9.69 Å². The normalized spacial score (nSPS) is 26.4. The molecule has 7 nitrogen and oxygen atoms in total. The molecule has 0 aromatic heterocycles. The van der Waals surface area contributed by atoms with Crippen LogP contribution in [0.15, 0.2) is 46.8 Å². The van der Waals surface area contributed by atoms with Gasteiger partial charge in [-0.25, -0.2) is 8.78 Å². The van der Waals surface area contributed by atoms with Crippen LogP contribution in [0.25, 0.3) is 0 Å². The van der Waals surface area contributed by atoms with Gasteiger partial charge in [0.1, 0.15) is 17.2 Å². The van der Waals surface area contributed by atoms with Gasteiger partial charge < -0.3 is 15.0 Å². The molecule has 2 heterocycles. The zero-order chi connectivity index (χ0) is 26.7. The number of halogens is 2. The van der Waals surface area contributed by atoms with E-state index in [1.54, 1.807) is 25.0 Å². The summed E-state index contributed by atoms with van der Waals surface area (Å²) in [5.41, 5.74) is 0.0356. The lowest BCUT2D eigenvalue weighted by atomic mass is 9.84. The maximum Gasteiger partial charge on any atom is 0.241 e. The third-order valence-electron chi connectivity index (χ3n) is 7.08. The molecule has 36 heavy (non-hydrogen) atoms. The molecule has 2 fully saturated rings. The van der Waals surface area contributed by atoms with Crippen molar-refractivity contribution in [3.63, 3.8) is 0 Å². The topological polar surface area (TPSA) is 74.2 Å². The van der Waals surface area contributed by atoms with E-state index < -0.39 is 17.2 Å². The number of rotatable bonds is 8. The zero-order valence-electron chi connectivity index (χ0n) is 22.1. The first-order chi connectivity index (χ1) is 16.9. The van der Waals surface area contributed by atoms with Gasteiger partial charge in [0.05, 0.1) is 13.2 Å². The van der Waals surface area contributed by atoms with Gasteiger partial charge in [0.2, 0.25) is 5.91 Å². The van der Waals surface area contributed by atoms with Crippen LogP contribution in [0.4, 0.5) is 8.78 Å². The SMILES string of the molecule is CC=C1/C(=C\C(C)(Cc2ccc(F)cc2F)N=O)N(C(=O)CN2C[C@@H](C)NC[C@@H]2COC)CC1(C)C. The van der Waals surface area contributed by atoms with Crippen molar-refractivity contribution < 1.29 is 18.3 Å². The van der Waals surface area contributed by atoms with Gasteiger partial charge in [-0.1, -0.05) is 31.2 Å². The number of ether oxygens (including phenoxy) is 1. The number of methoxy groups -OCH3 is 1. The molecule has 1 amide bonds. The van der Waals surface area contributed by atoms with Gasteiger partial charge in [0.25, 0.3) is 0 Å². The van der Waals surface area contributed by atoms with E-state index in [1.165, 1.54) is 6.07 Å². The molecular formula is C27H38F2N4O3. The number of nitrogens with one attached hydrogen (secondary N) is 1. The van der Waals surface area contributed by atoms with E-state index >= 15 is 0 Å². The summed E-state index contributed by atoms with van der Waals surface area (Å²) in [6.45, 7) is 12.3. The van der Waals surface area contributed by atoms with Gasteiger partial charge in [-0.05, 0) is 44.1 Å². The summed E-state index contributed by atoms with van der Waals surface area (Å²) >= 11 is 0. The van der Waals surface area contributed by atoms with Crippen LogP contribution in [0.2, 0.25) is 0 Å². The largest absolute Gasteiger partial charge is 0.383 e. The molecule has 2 aliphatic heterocycles. The van der Waals surface area contributed by atoms with E-state index in [0.29, 0.717) is 25.4 Å². The van der Waals surface area contributed by atoms with Crippen molar-refractivity contribution in [1.82, 2.24) is 15.1 Å². The molecular weight excluding hydrogens is 466 g/mol. The third kappa shape index (κ3) is 6.25. The minimum atomic E-state index is -1.34. The fraction of sp³-hybridized carbons (Fsp3) is 0.593. The molecule has 0 aliphatic carbocycles. The van der Waals surface area contributed by atoms with Gasteiger partial charge in [-0.2, -0.15) is 0 Å². The molecule has 0 spiro atoms. The monoisotopic (exact) mass is 504 g/mol. The molecule has 1 aromatic carbocycles. The van der Waals surface area contributed by atoms with Crippen molar-refractivity contribution in [2.45, 2.75) is 58.7 Å². The lowest BCUT2D eigenvalue weighted by Gasteiger charge is -2.39. The Hall–Kier alpha value is -2.49. The van der Waals surface area contributed by atoms with E-state index in [4.69, 9.17) is 4.74 Å². The summed E-state index contributed by atoms with van der Waals surface area (Å²) in [5.74, 6) is -1.50. The Morgan fingerprint density at radius 2 is 2.08 bits per heavy atom. The molecule has 0 bridgehead atoms. The highest BCUT2D eigenvalue weighted by atomic mass is 19.1. The first-order valence-corrected chi connectivity index (χ1v) is 12.4. The van der Waals surface area contributed by atoms with Crippen molar-refractivity contribution in [2.75, 3.05) is 39.9 Å². The number of carbonyl (C=O) groups is 1. The molecule has 1 N–H and O–H groups in total. The van der Waals surface area contributed by atoms with Crippen LogP contribution in [-0.2, 0) is 16.0 Å². The average molecular weight is 505 g/mol. The van der Waals surface area contributed by atoms with Crippen LogP contribution >= 0.6 is 0 Å². The van der Waals surface area contributed by atoms with E-state index in [9.17, 15) is 18.5 Å². The minimum Gasteiger partial charge on any atom is -0.383 e. The molecule has 9 heteroatoms. The Kier molecular flexibility index (Phi) is 8.80. The molecule has 198 valence electrons. The number of benzene rings is 1. The second-order valence-corrected chi connectivity index (χ2v) is 10.8. The number of amides is 1. The first kappa shape index (κ1) is 28.1. The van der Waals surface area contributed by atoms with Crippen molar-refractivity contribution in [3.8, 4) is 0 Å². The van der Waals surface area contributed by atoms with Crippen LogP contribution < -0.4 is 5.32 Å². The minimum absolute atomic E-state index is 0.0587. The maximum absolute atomic E-state index is 14.4. The van der Waals surface area contributed by atoms with Gasteiger partial charge >= 0.3 is 0 Å². The Morgan fingerprint density at radius 3 is 2.69 bits per heavy atom. The number of likely N-dealkylation sites (tertiary alicyclic amines) is 1. The summed E-state index contributed by atoms with van der Waals surface area (Å²) in [4.78, 5) is 29.6. The molecule has 2 aliphatic rings. The van der Waals surface area contributed by atoms with Crippen molar-refractivity contribution >= 4 is 5.91 Å². The second-order valence-electron chi connectivity index (χ2n) is 10.8. The number of carbonyl (C=O) groups excluding carboxylic acids is 1. The van der Waals surface area contributed by atoms with E-state index in [-0.39, 0.29) is 41.9 Å². The maximum atomic E-state index is 14.4. The van der Waals surface area contributed by atoms with Crippen LogP contribution in [-0.4, -0.2) is 73.2 Å². The fourth-order valence-corrected chi connectivity index (χ4v) is 5.27. The first-order valence-electron chi connectivity index (χ1n) is 12.4. The quantitative estimate of drug-likeness (QED) is 0.541. The van der Waals surface area contributed by atoms with Crippen molar-refractivity contribution in [3.05, 3.63) is 63.7 Å². The molecule has 0 saturated carbocycles. The van der Waals surface area contributed by atoms with E-state index in [2.05, 4.69) is 36.2 Å². The Balaban J connectivity index is 1.94. The highest BCUT2D eigenvalue weighted by Gasteiger charge is 2.43.